The van der Waals surface area contributed by atoms with Gasteiger partial charge in [0.15, 0.2) is 0 Å². The first-order valence-electron chi connectivity index (χ1n) is 11.6. The van der Waals surface area contributed by atoms with E-state index < -0.39 is 0 Å². The number of imidazole rings is 1. The fourth-order valence-electron chi connectivity index (χ4n) is 4.79. The molecule has 168 valence electrons. The molecule has 0 aliphatic carbocycles. The van der Waals surface area contributed by atoms with E-state index in [0.29, 0.717) is 11.7 Å². The summed E-state index contributed by atoms with van der Waals surface area (Å²) in [6, 6.07) is 12.2. The number of likely N-dealkylation sites (tertiary alicyclic amines) is 1. The van der Waals surface area contributed by atoms with Crippen molar-refractivity contribution in [1.82, 2.24) is 19.4 Å². The van der Waals surface area contributed by atoms with Gasteiger partial charge in [-0.15, -0.1) is 0 Å². The van der Waals surface area contributed by atoms with Crippen LogP contribution in [0.15, 0.2) is 36.4 Å². The zero-order chi connectivity index (χ0) is 22.2. The molecule has 0 spiro atoms. The lowest BCUT2D eigenvalue weighted by Crippen LogP contribution is -2.42. The Morgan fingerprint density at radius 2 is 1.91 bits per heavy atom. The first-order chi connectivity index (χ1) is 15.5. The number of pyridine rings is 1. The Bertz CT molecular complexity index is 1110. The standard InChI is InChI=1S/C25H31FN6/c1-16(2)31-12-9-19(10-13-31)29-22-15-18(7-8-20(22)26)24-23(21-6-4-5-17(3)28-21)30-25-27-11-14-32(24)25/h4-8,15-16,19,29H,9-14H2,1-3H3,(H,27,30). The van der Waals surface area contributed by atoms with E-state index in [4.69, 9.17) is 9.97 Å². The number of anilines is 2. The summed E-state index contributed by atoms with van der Waals surface area (Å²) in [5.74, 6) is 0.632. The second kappa shape index (κ2) is 8.54. The number of hydrogen-bond donors (Lipinski definition) is 2. The number of hydrogen-bond acceptors (Lipinski definition) is 5. The van der Waals surface area contributed by atoms with Crippen molar-refractivity contribution in [3.63, 3.8) is 0 Å². The van der Waals surface area contributed by atoms with Gasteiger partial charge in [-0.25, -0.2) is 9.37 Å². The number of rotatable bonds is 5. The van der Waals surface area contributed by atoms with Crippen LogP contribution in [0.5, 0.6) is 0 Å². The zero-order valence-corrected chi connectivity index (χ0v) is 19.0. The summed E-state index contributed by atoms with van der Waals surface area (Å²) < 4.78 is 17.0. The van der Waals surface area contributed by atoms with E-state index in [1.54, 1.807) is 6.07 Å². The summed E-state index contributed by atoms with van der Waals surface area (Å²) in [6.07, 6.45) is 2.04. The largest absolute Gasteiger partial charge is 0.380 e. The van der Waals surface area contributed by atoms with Crippen LogP contribution in [0.4, 0.5) is 16.0 Å². The van der Waals surface area contributed by atoms with Crippen molar-refractivity contribution < 1.29 is 4.39 Å². The number of nitrogens with zero attached hydrogens (tertiary/aromatic N) is 4. The van der Waals surface area contributed by atoms with Crippen LogP contribution in [-0.2, 0) is 6.54 Å². The lowest BCUT2D eigenvalue weighted by Gasteiger charge is -2.35. The highest BCUT2D eigenvalue weighted by atomic mass is 19.1. The molecule has 1 saturated heterocycles. The third-order valence-electron chi connectivity index (χ3n) is 6.58. The average Bonchev–Trinajstić information content (AvgIpc) is 3.37. The van der Waals surface area contributed by atoms with E-state index in [9.17, 15) is 4.39 Å². The fraction of sp³-hybridized carbons (Fsp3) is 0.440. The van der Waals surface area contributed by atoms with Gasteiger partial charge in [-0.05, 0) is 63.9 Å². The highest BCUT2D eigenvalue weighted by molar-refractivity contribution is 5.81. The van der Waals surface area contributed by atoms with Crippen molar-refractivity contribution in [2.75, 3.05) is 30.3 Å². The maximum Gasteiger partial charge on any atom is 0.204 e. The lowest BCUT2D eigenvalue weighted by molar-refractivity contribution is 0.177. The molecule has 0 radical (unpaired) electrons. The third kappa shape index (κ3) is 3.97. The van der Waals surface area contributed by atoms with E-state index in [2.05, 4.69) is 33.9 Å². The molecule has 2 N–H and O–H groups in total. The summed E-state index contributed by atoms with van der Waals surface area (Å²) in [5.41, 5.74) is 5.12. The number of fused-ring (bicyclic) bond motifs is 1. The van der Waals surface area contributed by atoms with Crippen molar-refractivity contribution >= 4 is 11.6 Å². The number of nitrogens with one attached hydrogen (secondary N) is 2. The van der Waals surface area contributed by atoms with Crippen molar-refractivity contribution in [2.45, 2.75) is 52.2 Å². The molecule has 0 saturated carbocycles. The van der Waals surface area contributed by atoms with E-state index in [1.807, 2.05) is 37.3 Å². The van der Waals surface area contributed by atoms with Crippen molar-refractivity contribution in [2.24, 2.45) is 0 Å². The van der Waals surface area contributed by atoms with Crippen LogP contribution < -0.4 is 10.6 Å². The summed E-state index contributed by atoms with van der Waals surface area (Å²) in [4.78, 5) is 12.0. The normalized spacial score (nSPS) is 16.9. The fourth-order valence-corrected chi connectivity index (χ4v) is 4.79. The molecule has 7 heteroatoms. The van der Waals surface area contributed by atoms with Crippen LogP contribution >= 0.6 is 0 Å². The molecule has 1 fully saturated rings. The molecule has 2 aliphatic heterocycles. The number of benzene rings is 1. The Morgan fingerprint density at radius 3 is 2.66 bits per heavy atom. The number of halogens is 1. The monoisotopic (exact) mass is 434 g/mol. The SMILES string of the molecule is Cc1cccc(-c2nc3n(c2-c2ccc(F)c(NC4CCN(C(C)C)CC4)c2)CCN3)n1. The summed E-state index contributed by atoms with van der Waals surface area (Å²) in [6.45, 7) is 10.2. The molecule has 0 amide bonds. The minimum Gasteiger partial charge on any atom is -0.380 e. The van der Waals surface area contributed by atoms with Gasteiger partial charge in [-0.1, -0.05) is 6.07 Å². The van der Waals surface area contributed by atoms with Crippen molar-refractivity contribution in [3.05, 3.63) is 47.9 Å². The average molecular weight is 435 g/mol. The summed E-state index contributed by atoms with van der Waals surface area (Å²) in [5, 5.41) is 6.83. The summed E-state index contributed by atoms with van der Waals surface area (Å²) >= 11 is 0. The van der Waals surface area contributed by atoms with Crippen LogP contribution in [0.1, 0.15) is 32.4 Å². The molecule has 0 unspecified atom stereocenters. The van der Waals surface area contributed by atoms with E-state index >= 15 is 0 Å². The molecule has 4 heterocycles. The molecule has 3 aromatic rings. The molecule has 6 nitrogen and oxygen atoms in total. The molecule has 32 heavy (non-hydrogen) atoms. The van der Waals surface area contributed by atoms with E-state index in [0.717, 1.165) is 73.3 Å². The quantitative estimate of drug-likeness (QED) is 0.606. The van der Waals surface area contributed by atoms with Gasteiger partial charge in [0, 0.05) is 49.5 Å². The minimum absolute atomic E-state index is 0.213. The topological polar surface area (TPSA) is 58.0 Å². The van der Waals surface area contributed by atoms with Gasteiger partial charge in [0.25, 0.3) is 0 Å². The molecule has 2 aromatic heterocycles. The van der Waals surface area contributed by atoms with Gasteiger partial charge in [0.1, 0.15) is 11.5 Å². The molecular weight excluding hydrogens is 403 g/mol. The minimum atomic E-state index is -0.213. The van der Waals surface area contributed by atoms with Crippen molar-refractivity contribution in [1.29, 1.82) is 0 Å². The van der Waals surface area contributed by atoms with Crippen LogP contribution in [-0.4, -0.2) is 51.2 Å². The van der Waals surface area contributed by atoms with Gasteiger partial charge in [-0.3, -0.25) is 4.98 Å². The Kier molecular flexibility index (Phi) is 5.59. The summed E-state index contributed by atoms with van der Waals surface area (Å²) in [7, 11) is 0. The number of aromatic nitrogens is 3. The van der Waals surface area contributed by atoms with E-state index in [-0.39, 0.29) is 11.9 Å². The lowest BCUT2D eigenvalue weighted by atomic mass is 10.0. The highest BCUT2D eigenvalue weighted by Crippen LogP contribution is 2.37. The van der Waals surface area contributed by atoms with Gasteiger partial charge in [0.2, 0.25) is 5.95 Å². The highest BCUT2D eigenvalue weighted by Gasteiger charge is 2.25. The maximum absolute atomic E-state index is 14.8. The van der Waals surface area contributed by atoms with Crippen LogP contribution in [0.3, 0.4) is 0 Å². The van der Waals surface area contributed by atoms with Gasteiger partial charge < -0.3 is 20.1 Å². The van der Waals surface area contributed by atoms with Crippen LogP contribution in [0.2, 0.25) is 0 Å². The Morgan fingerprint density at radius 1 is 1.09 bits per heavy atom. The van der Waals surface area contributed by atoms with E-state index in [1.165, 1.54) is 0 Å². The second-order valence-corrected chi connectivity index (χ2v) is 9.12. The predicted molar refractivity (Wildman–Crippen MR) is 127 cm³/mol. The predicted octanol–water partition coefficient (Wildman–Crippen LogP) is 4.77. The van der Waals surface area contributed by atoms with Crippen LogP contribution in [0, 0.1) is 12.7 Å². The first kappa shape index (κ1) is 20.9. The molecule has 0 bridgehead atoms. The maximum atomic E-state index is 14.8. The molecular formula is C25H31FN6. The van der Waals surface area contributed by atoms with Crippen molar-refractivity contribution in [3.8, 4) is 22.6 Å². The number of aryl methyl sites for hydroxylation is 1. The van der Waals surface area contributed by atoms with Gasteiger partial charge in [-0.2, -0.15) is 0 Å². The Balaban J connectivity index is 1.47. The molecule has 0 atom stereocenters. The molecule has 5 rings (SSSR count). The second-order valence-electron chi connectivity index (χ2n) is 9.12. The zero-order valence-electron chi connectivity index (χ0n) is 19.0. The van der Waals surface area contributed by atoms with Gasteiger partial charge in [0.05, 0.1) is 17.1 Å². The first-order valence-corrected chi connectivity index (χ1v) is 11.6. The molecule has 1 aromatic carbocycles. The smallest absolute Gasteiger partial charge is 0.204 e. The molecule has 2 aliphatic rings. The number of piperidine rings is 1. The van der Waals surface area contributed by atoms with Crippen LogP contribution in [0.25, 0.3) is 22.6 Å². The third-order valence-corrected chi connectivity index (χ3v) is 6.58. The Labute approximate surface area is 188 Å². The van der Waals surface area contributed by atoms with Gasteiger partial charge >= 0.3 is 0 Å². The Hall–Kier alpha value is -2.93.